The molecule has 0 saturated carbocycles. The monoisotopic (exact) mass is 633 g/mol. The summed E-state index contributed by atoms with van der Waals surface area (Å²) in [5.74, 6) is 1.51. The van der Waals surface area contributed by atoms with Gasteiger partial charge in [-0.1, -0.05) is 36.4 Å². The molecule has 0 N–H and O–H groups in total. The van der Waals surface area contributed by atoms with E-state index < -0.39 is 0 Å². The predicted molar refractivity (Wildman–Crippen MR) is 131 cm³/mol. The van der Waals surface area contributed by atoms with E-state index in [1.807, 2.05) is 0 Å². The molecule has 1 aliphatic heterocycles. The fourth-order valence-electron chi connectivity index (χ4n) is 4.08. The summed E-state index contributed by atoms with van der Waals surface area (Å²) in [6, 6.07) is 11.6. The van der Waals surface area contributed by atoms with E-state index in [0.29, 0.717) is 5.92 Å². The first-order valence-electron chi connectivity index (χ1n) is 11.2. The average Bonchev–Trinajstić information content (AvgIpc) is 2.79. The molecule has 1 fully saturated rings. The van der Waals surface area contributed by atoms with Crippen molar-refractivity contribution in [2.24, 2.45) is 0 Å². The van der Waals surface area contributed by atoms with Gasteiger partial charge < -0.3 is 4.90 Å². The van der Waals surface area contributed by atoms with Crippen molar-refractivity contribution in [2.45, 2.75) is 52.0 Å². The molecule has 0 atom stereocenters. The standard InChI is InChI=1S/C24H35I2N4/c1-4-13-30(16-12-25)24-27-22(5-2)17-23(28-24)20-10-14-29(15-11-20)18-19-6-8-21(26-3)9-7-19/h6-9,17,20H,4-5,10-16,18H2,1-3H3/q-1. The molecular formula is C24H35I2N4-. The topological polar surface area (TPSA) is 32.3 Å². The van der Waals surface area contributed by atoms with Crippen LogP contribution in [-0.4, -0.2) is 50.4 Å². The van der Waals surface area contributed by atoms with Crippen LogP contribution in [0.15, 0.2) is 30.3 Å². The van der Waals surface area contributed by atoms with Crippen LogP contribution in [0.4, 0.5) is 5.95 Å². The third-order valence-electron chi connectivity index (χ3n) is 5.82. The third-order valence-corrected chi connectivity index (χ3v) is 8.27. The number of likely N-dealkylation sites (tertiary alicyclic amines) is 1. The van der Waals surface area contributed by atoms with Crippen LogP contribution < -0.4 is 26.1 Å². The molecule has 1 saturated heterocycles. The van der Waals surface area contributed by atoms with Crippen molar-refractivity contribution in [3.63, 3.8) is 0 Å². The van der Waals surface area contributed by atoms with Gasteiger partial charge in [-0.05, 0) is 12.8 Å². The molecular weight excluding hydrogens is 598 g/mol. The number of hydrogen-bond donors (Lipinski definition) is 0. The molecule has 0 unspecified atom stereocenters. The van der Waals surface area contributed by atoms with Gasteiger partial charge in [0.1, 0.15) is 0 Å². The zero-order valence-corrected chi connectivity index (χ0v) is 22.9. The molecule has 1 aromatic heterocycles. The molecule has 1 aliphatic rings. The number of aryl methyl sites for hydroxylation is 1. The zero-order chi connectivity index (χ0) is 21.3. The minimum absolute atomic E-state index is 0.196. The Kier molecular flexibility index (Phi) is 10.1. The molecule has 0 spiro atoms. The summed E-state index contributed by atoms with van der Waals surface area (Å²) in [7, 11) is 0. The SMILES string of the molecule is CCCN(CCI)c1nc(CC)cc(C2CCN(Cc3ccc([I-]C)cc3)CC2)n1. The molecule has 0 amide bonds. The van der Waals surface area contributed by atoms with Crippen molar-refractivity contribution in [1.82, 2.24) is 14.9 Å². The minimum atomic E-state index is 0.196. The summed E-state index contributed by atoms with van der Waals surface area (Å²) in [6.07, 6.45) is 4.49. The van der Waals surface area contributed by atoms with E-state index in [9.17, 15) is 0 Å². The van der Waals surface area contributed by atoms with E-state index >= 15 is 0 Å². The molecule has 30 heavy (non-hydrogen) atoms. The van der Waals surface area contributed by atoms with Crippen LogP contribution in [-0.2, 0) is 13.0 Å². The van der Waals surface area contributed by atoms with Crippen molar-refractivity contribution in [1.29, 1.82) is 0 Å². The van der Waals surface area contributed by atoms with Gasteiger partial charge in [0.05, 0.1) is 0 Å². The Bertz CT molecular complexity index is 767. The number of piperidine rings is 1. The molecule has 6 heteroatoms. The maximum atomic E-state index is 5.07. The predicted octanol–water partition coefficient (Wildman–Crippen LogP) is 1.96. The van der Waals surface area contributed by atoms with Gasteiger partial charge in [0, 0.05) is 17.5 Å². The van der Waals surface area contributed by atoms with E-state index in [1.165, 1.54) is 33.4 Å². The van der Waals surface area contributed by atoms with Crippen LogP contribution in [0.5, 0.6) is 0 Å². The Morgan fingerprint density at radius 2 is 1.83 bits per heavy atom. The quantitative estimate of drug-likeness (QED) is 0.296. The van der Waals surface area contributed by atoms with E-state index in [2.05, 4.69) is 81.5 Å². The first-order chi connectivity index (χ1) is 14.7. The summed E-state index contributed by atoms with van der Waals surface area (Å²) in [5, 5.41) is 0. The molecule has 0 bridgehead atoms. The number of aromatic nitrogens is 2. The van der Waals surface area contributed by atoms with Gasteiger partial charge in [-0.25, -0.2) is 4.98 Å². The first-order valence-corrected chi connectivity index (χ1v) is 15.9. The summed E-state index contributed by atoms with van der Waals surface area (Å²) in [4.78, 5) is 17.2. The van der Waals surface area contributed by atoms with Crippen LogP contribution in [0, 0.1) is 3.57 Å². The number of rotatable bonds is 10. The van der Waals surface area contributed by atoms with E-state index in [0.717, 1.165) is 55.9 Å². The summed E-state index contributed by atoms with van der Waals surface area (Å²) >= 11 is 2.65. The zero-order valence-electron chi connectivity index (χ0n) is 18.6. The summed E-state index contributed by atoms with van der Waals surface area (Å²) in [6.45, 7) is 9.88. The van der Waals surface area contributed by atoms with Gasteiger partial charge in [0.15, 0.2) is 0 Å². The molecule has 4 nitrogen and oxygen atoms in total. The van der Waals surface area contributed by atoms with Crippen LogP contribution >= 0.6 is 22.6 Å². The first kappa shape index (κ1) is 24.2. The van der Waals surface area contributed by atoms with Crippen LogP contribution in [0.25, 0.3) is 0 Å². The second kappa shape index (κ2) is 12.5. The average molecular weight is 633 g/mol. The fourth-order valence-corrected chi connectivity index (χ4v) is 5.74. The summed E-state index contributed by atoms with van der Waals surface area (Å²) < 4.78 is 2.63. The Labute approximate surface area is 206 Å². The number of halogens is 2. The number of anilines is 1. The van der Waals surface area contributed by atoms with Gasteiger partial charge in [-0.3, -0.25) is 0 Å². The fraction of sp³-hybridized carbons (Fsp3) is 0.583. The molecule has 2 aromatic rings. The molecule has 166 valence electrons. The van der Waals surface area contributed by atoms with Gasteiger partial charge in [-0.15, -0.1) is 0 Å². The Morgan fingerprint density at radius 1 is 1.10 bits per heavy atom. The van der Waals surface area contributed by atoms with E-state index in [1.54, 1.807) is 0 Å². The van der Waals surface area contributed by atoms with Crippen LogP contribution in [0.3, 0.4) is 0 Å². The van der Waals surface area contributed by atoms with Gasteiger partial charge in [0.2, 0.25) is 0 Å². The van der Waals surface area contributed by atoms with Gasteiger partial charge >= 0.3 is 131 Å². The second-order valence-electron chi connectivity index (χ2n) is 7.98. The van der Waals surface area contributed by atoms with E-state index in [-0.39, 0.29) is 21.2 Å². The van der Waals surface area contributed by atoms with Crippen molar-refractivity contribution < 1.29 is 21.2 Å². The Morgan fingerprint density at radius 3 is 2.43 bits per heavy atom. The van der Waals surface area contributed by atoms with Gasteiger partial charge in [0.25, 0.3) is 0 Å². The summed E-state index contributed by atoms with van der Waals surface area (Å²) in [5.41, 5.74) is 3.90. The normalized spacial score (nSPS) is 15.6. The van der Waals surface area contributed by atoms with Crippen molar-refractivity contribution in [3.8, 4) is 0 Å². The molecule has 0 radical (unpaired) electrons. The van der Waals surface area contributed by atoms with Crippen molar-refractivity contribution in [2.75, 3.05) is 40.4 Å². The molecule has 2 heterocycles. The number of nitrogens with zero attached hydrogens (tertiary/aromatic N) is 4. The van der Waals surface area contributed by atoms with Crippen molar-refractivity contribution >= 4 is 28.5 Å². The third kappa shape index (κ3) is 6.76. The number of hydrogen-bond acceptors (Lipinski definition) is 4. The van der Waals surface area contributed by atoms with Crippen LogP contribution in [0.1, 0.15) is 56.0 Å². The molecule has 3 rings (SSSR count). The number of benzene rings is 1. The van der Waals surface area contributed by atoms with Gasteiger partial charge in [-0.2, -0.15) is 0 Å². The Balaban J connectivity index is 1.65. The van der Waals surface area contributed by atoms with E-state index in [4.69, 9.17) is 9.97 Å². The molecule has 0 aliphatic carbocycles. The Hall–Kier alpha value is -0.480. The number of alkyl halides is 2. The maximum absolute atomic E-state index is 5.07. The van der Waals surface area contributed by atoms with Crippen LogP contribution in [0.2, 0.25) is 0 Å². The molecule has 1 aromatic carbocycles. The van der Waals surface area contributed by atoms with Crippen molar-refractivity contribution in [3.05, 3.63) is 50.9 Å². The second-order valence-corrected chi connectivity index (χ2v) is 11.4.